The van der Waals surface area contributed by atoms with E-state index >= 15 is 0 Å². The quantitative estimate of drug-likeness (QED) is 0.684. The fraction of sp³-hybridized carbons (Fsp3) is 0.423. The van der Waals surface area contributed by atoms with Crippen LogP contribution in [-0.4, -0.2) is 60.4 Å². The number of benzene rings is 2. The number of hydrogen-bond donors (Lipinski definition) is 2. The lowest BCUT2D eigenvalue weighted by atomic mass is 10.1. The van der Waals surface area contributed by atoms with Gasteiger partial charge < -0.3 is 10.6 Å². The normalized spacial score (nSPS) is 17.4. The van der Waals surface area contributed by atoms with Crippen LogP contribution in [0, 0.1) is 11.3 Å². The molecule has 1 heterocycles. The van der Waals surface area contributed by atoms with E-state index in [1.54, 1.807) is 12.1 Å². The Bertz CT molecular complexity index is 1000. The molecule has 4 rings (SSSR count). The van der Waals surface area contributed by atoms with E-state index in [2.05, 4.69) is 26.5 Å². The maximum atomic E-state index is 12.7. The van der Waals surface area contributed by atoms with Gasteiger partial charge in [0.2, 0.25) is 5.91 Å². The number of carbonyl (C=O) groups excluding carboxylic acids is 2. The van der Waals surface area contributed by atoms with Crippen molar-refractivity contribution in [3.63, 3.8) is 0 Å². The van der Waals surface area contributed by atoms with Crippen LogP contribution in [0.2, 0.25) is 0 Å². The first-order valence-corrected chi connectivity index (χ1v) is 11.7. The van der Waals surface area contributed by atoms with Crippen LogP contribution in [0.25, 0.3) is 0 Å². The summed E-state index contributed by atoms with van der Waals surface area (Å²) in [7, 11) is 0. The molecule has 1 aliphatic carbocycles. The Labute approximate surface area is 195 Å². The fourth-order valence-corrected chi connectivity index (χ4v) is 4.56. The standard InChI is InChI=1S/C26H31N5O2/c27-17-20-9-11-21(12-10-20)18-30-13-15-31(16-14-30)19-25(32)29-24-8-4-3-7-23(24)26(33)28-22-5-1-2-6-22/h3-4,7-12,22H,1-2,5-6,13-16,18-19H2,(H,28,33)(H,29,32). The molecule has 172 valence electrons. The van der Waals surface area contributed by atoms with E-state index in [1.165, 1.54) is 5.56 Å². The Morgan fingerprint density at radius 1 is 0.939 bits per heavy atom. The van der Waals surface area contributed by atoms with Gasteiger partial charge in [-0.1, -0.05) is 37.1 Å². The zero-order valence-corrected chi connectivity index (χ0v) is 18.9. The first-order valence-electron chi connectivity index (χ1n) is 11.7. The zero-order valence-electron chi connectivity index (χ0n) is 18.9. The van der Waals surface area contributed by atoms with Crippen molar-refractivity contribution >= 4 is 17.5 Å². The Morgan fingerprint density at radius 3 is 2.30 bits per heavy atom. The Morgan fingerprint density at radius 2 is 1.61 bits per heavy atom. The Hall–Kier alpha value is -3.21. The second-order valence-corrected chi connectivity index (χ2v) is 8.91. The van der Waals surface area contributed by atoms with Gasteiger partial charge in [0.15, 0.2) is 0 Å². The summed E-state index contributed by atoms with van der Waals surface area (Å²) < 4.78 is 0. The molecule has 0 bridgehead atoms. The van der Waals surface area contributed by atoms with Crippen LogP contribution in [0.3, 0.4) is 0 Å². The number of piperazine rings is 1. The first-order chi connectivity index (χ1) is 16.1. The Kier molecular flexibility index (Phi) is 7.71. The van der Waals surface area contributed by atoms with Crippen molar-refractivity contribution in [2.45, 2.75) is 38.3 Å². The first kappa shape index (κ1) is 23.0. The van der Waals surface area contributed by atoms with Gasteiger partial charge in [-0.05, 0) is 42.7 Å². The van der Waals surface area contributed by atoms with Crippen molar-refractivity contribution < 1.29 is 9.59 Å². The molecule has 2 aromatic rings. The molecule has 7 heteroatoms. The summed E-state index contributed by atoms with van der Waals surface area (Å²) >= 11 is 0. The van der Waals surface area contributed by atoms with Gasteiger partial charge >= 0.3 is 0 Å². The highest BCUT2D eigenvalue weighted by atomic mass is 16.2. The van der Waals surface area contributed by atoms with Gasteiger partial charge in [-0.3, -0.25) is 19.4 Å². The highest BCUT2D eigenvalue weighted by Gasteiger charge is 2.22. The van der Waals surface area contributed by atoms with Crippen LogP contribution in [0.1, 0.15) is 47.2 Å². The number of para-hydroxylation sites is 1. The van der Waals surface area contributed by atoms with Crippen molar-refractivity contribution in [1.29, 1.82) is 5.26 Å². The maximum Gasteiger partial charge on any atom is 0.253 e. The van der Waals surface area contributed by atoms with Gasteiger partial charge in [0.1, 0.15) is 0 Å². The third-order valence-electron chi connectivity index (χ3n) is 6.46. The number of nitrogens with one attached hydrogen (secondary N) is 2. The SMILES string of the molecule is N#Cc1ccc(CN2CCN(CC(=O)Nc3ccccc3C(=O)NC3CCCC3)CC2)cc1. The van der Waals surface area contributed by atoms with Crippen molar-refractivity contribution in [1.82, 2.24) is 15.1 Å². The minimum atomic E-state index is -0.116. The molecule has 2 amide bonds. The number of nitriles is 1. The smallest absolute Gasteiger partial charge is 0.253 e. The third-order valence-corrected chi connectivity index (χ3v) is 6.46. The van der Waals surface area contributed by atoms with E-state index in [9.17, 15) is 9.59 Å². The van der Waals surface area contributed by atoms with E-state index in [4.69, 9.17) is 5.26 Å². The van der Waals surface area contributed by atoms with Gasteiger partial charge in [0.05, 0.1) is 29.4 Å². The number of hydrogen-bond acceptors (Lipinski definition) is 5. The van der Waals surface area contributed by atoms with Gasteiger partial charge in [0.25, 0.3) is 5.91 Å². The third kappa shape index (κ3) is 6.41. The molecule has 7 nitrogen and oxygen atoms in total. The monoisotopic (exact) mass is 445 g/mol. The maximum absolute atomic E-state index is 12.7. The van der Waals surface area contributed by atoms with E-state index in [1.807, 2.05) is 36.4 Å². The highest BCUT2D eigenvalue weighted by Crippen LogP contribution is 2.20. The van der Waals surface area contributed by atoms with Crippen LogP contribution >= 0.6 is 0 Å². The zero-order chi connectivity index (χ0) is 23.0. The number of carbonyl (C=O) groups is 2. The predicted octanol–water partition coefficient (Wildman–Crippen LogP) is 2.99. The molecule has 1 saturated heterocycles. The van der Waals surface area contributed by atoms with Crippen LogP contribution in [-0.2, 0) is 11.3 Å². The van der Waals surface area contributed by atoms with E-state index in [0.717, 1.165) is 58.4 Å². The van der Waals surface area contributed by atoms with Crippen molar-refractivity contribution in [3.8, 4) is 6.07 Å². The lowest BCUT2D eigenvalue weighted by Crippen LogP contribution is -2.48. The summed E-state index contributed by atoms with van der Waals surface area (Å²) in [6.45, 7) is 4.54. The fourth-order valence-electron chi connectivity index (χ4n) is 4.56. The summed E-state index contributed by atoms with van der Waals surface area (Å²) in [5.41, 5.74) is 2.95. The largest absolute Gasteiger partial charge is 0.349 e. The van der Waals surface area contributed by atoms with Crippen LogP contribution in [0.4, 0.5) is 5.69 Å². The lowest BCUT2D eigenvalue weighted by molar-refractivity contribution is -0.117. The number of rotatable bonds is 7. The molecule has 0 atom stereocenters. The summed E-state index contributed by atoms with van der Waals surface area (Å²) in [4.78, 5) is 29.9. The topological polar surface area (TPSA) is 88.5 Å². The van der Waals surface area contributed by atoms with Crippen molar-refractivity contribution in [3.05, 3.63) is 65.2 Å². The summed E-state index contributed by atoms with van der Waals surface area (Å²) in [6, 6.07) is 17.3. The molecule has 2 aromatic carbocycles. The van der Waals surface area contributed by atoms with Crippen molar-refractivity contribution in [2.24, 2.45) is 0 Å². The summed E-state index contributed by atoms with van der Waals surface area (Å²) in [5, 5.41) is 15.0. The van der Waals surface area contributed by atoms with Gasteiger partial charge in [-0.15, -0.1) is 0 Å². The number of amides is 2. The second-order valence-electron chi connectivity index (χ2n) is 8.91. The molecule has 0 spiro atoms. The molecule has 2 fully saturated rings. The molecule has 33 heavy (non-hydrogen) atoms. The summed E-state index contributed by atoms with van der Waals surface area (Å²) in [5.74, 6) is -0.217. The average molecular weight is 446 g/mol. The number of anilines is 1. The molecule has 2 aliphatic rings. The molecular weight excluding hydrogens is 414 g/mol. The predicted molar refractivity (Wildman–Crippen MR) is 128 cm³/mol. The minimum absolute atomic E-state index is 0.100. The van der Waals surface area contributed by atoms with Crippen LogP contribution in [0.15, 0.2) is 48.5 Å². The molecule has 0 aromatic heterocycles. The molecule has 2 N–H and O–H groups in total. The van der Waals surface area contributed by atoms with Crippen molar-refractivity contribution in [2.75, 3.05) is 38.0 Å². The molecule has 0 radical (unpaired) electrons. The van der Waals surface area contributed by atoms with Gasteiger partial charge in [-0.2, -0.15) is 5.26 Å². The number of nitrogens with zero attached hydrogens (tertiary/aromatic N) is 3. The molecular formula is C26H31N5O2. The lowest BCUT2D eigenvalue weighted by Gasteiger charge is -2.34. The molecule has 1 saturated carbocycles. The second kappa shape index (κ2) is 11.1. The van der Waals surface area contributed by atoms with Gasteiger partial charge in [0, 0.05) is 38.8 Å². The Balaban J connectivity index is 1.25. The van der Waals surface area contributed by atoms with Gasteiger partial charge in [-0.25, -0.2) is 0 Å². The minimum Gasteiger partial charge on any atom is -0.349 e. The van der Waals surface area contributed by atoms with E-state index in [0.29, 0.717) is 23.4 Å². The van der Waals surface area contributed by atoms with E-state index in [-0.39, 0.29) is 17.9 Å². The van der Waals surface area contributed by atoms with Crippen LogP contribution < -0.4 is 10.6 Å². The molecule has 0 unspecified atom stereocenters. The average Bonchev–Trinajstić information content (AvgIpc) is 3.34. The summed E-state index contributed by atoms with van der Waals surface area (Å²) in [6.07, 6.45) is 4.36. The van der Waals surface area contributed by atoms with Crippen LogP contribution in [0.5, 0.6) is 0 Å². The molecule has 1 aliphatic heterocycles. The van der Waals surface area contributed by atoms with E-state index < -0.39 is 0 Å². The highest BCUT2D eigenvalue weighted by molar-refractivity contribution is 6.04.